The van der Waals surface area contributed by atoms with Crippen LogP contribution in [-0.4, -0.2) is 74.9 Å². The summed E-state index contributed by atoms with van der Waals surface area (Å²) in [5.74, 6) is 1.39. The fourth-order valence-electron chi connectivity index (χ4n) is 4.92. The minimum Gasteiger partial charge on any atom is -0.493 e. The molecule has 0 unspecified atom stereocenters. The quantitative estimate of drug-likeness (QED) is 0.509. The second-order valence-electron chi connectivity index (χ2n) is 9.08. The highest BCUT2D eigenvalue weighted by Gasteiger charge is 2.28. The first-order chi connectivity index (χ1) is 17.7. The number of oxazole rings is 1. The van der Waals surface area contributed by atoms with Gasteiger partial charge in [0.1, 0.15) is 5.52 Å². The van der Waals surface area contributed by atoms with Crippen LogP contribution in [0.3, 0.4) is 0 Å². The molecule has 2 saturated heterocycles. The molecule has 0 radical (unpaired) electrons. The van der Waals surface area contributed by atoms with Gasteiger partial charge in [0.15, 0.2) is 17.1 Å². The first-order valence-electron chi connectivity index (χ1n) is 12.7. The van der Waals surface area contributed by atoms with Gasteiger partial charge in [-0.25, -0.2) is 0 Å². The van der Waals surface area contributed by atoms with Gasteiger partial charge in [0.05, 0.1) is 32.5 Å². The molecular formula is C27H34N4O5. The van der Waals surface area contributed by atoms with Crippen molar-refractivity contribution >= 4 is 23.0 Å². The average Bonchev–Trinajstić information content (AvgIpc) is 3.37. The topological polar surface area (TPSA) is 89.3 Å². The molecule has 1 aromatic heterocycles. The Bertz CT molecular complexity index is 1180. The number of morpholine rings is 1. The Balaban J connectivity index is 1.49. The summed E-state index contributed by atoms with van der Waals surface area (Å²) in [5, 5.41) is 3.44. The predicted molar refractivity (Wildman–Crippen MR) is 137 cm³/mol. The molecule has 0 aliphatic carbocycles. The lowest BCUT2D eigenvalue weighted by Gasteiger charge is -2.33. The number of piperidine rings is 1. The molecule has 1 N–H and O–H groups in total. The Labute approximate surface area is 211 Å². The Kier molecular flexibility index (Phi) is 7.58. The van der Waals surface area contributed by atoms with E-state index in [4.69, 9.17) is 23.6 Å². The van der Waals surface area contributed by atoms with Crippen LogP contribution in [-0.2, 0) is 11.3 Å². The van der Waals surface area contributed by atoms with Crippen LogP contribution in [0, 0.1) is 0 Å². The number of para-hydroxylation sites is 1. The van der Waals surface area contributed by atoms with Gasteiger partial charge in [-0.15, -0.1) is 0 Å². The standard InChI is InChI=1S/C27H34N4O5/c1-3-35-24-17-19(7-8-23(24)33-2)18-31(20-9-11-28-12-10-20)27-29-22-6-4-5-21(25(22)36-27)26(32)30-13-15-34-16-14-30/h4-8,17,20,28H,3,9-16,18H2,1-2H3. The van der Waals surface area contributed by atoms with Gasteiger partial charge in [0, 0.05) is 25.7 Å². The van der Waals surface area contributed by atoms with E-state index in [1.165, 1.54) is 0 Å². The van der Waals surface area contributed by atoms with Crippen LogP contribution in [0.1, 0.15) is 35.7 Å². The highest BCUT2D eigenvalue weighted by molar-refractivity contribution is 6.04. The van der Waals surface area contributed by atoms with E-state index < -0.39 is 0 Å². The van der Waals surface area contributed by atoms with Crippen molar-refractivity contribution in [3.63, 3.8) is 0 Å². The van der Waals surface area contributed by atoms with Gasteiger partial charge in [-0.2, -0.15) is 4.98 Å². The van der Waals surface area contributed by atoms with Gasteiger partial charge in [-0.1, -0.05) is 12.1 Å². The highest BCUT2D eigenvalue weighted by atomic mass is 16.5. The molecule has 1 amide bonds. The zero-order chi connectivity index (χ0) is 24.9. The van der Waals surface area contributed by atoms with Gasteiger partial charge >= 0.3 is 0 Å². The third kappa shape index (κ3) is 5.12. The smallest absolute Gasteiger partial charge is 0.298 e. The van der Waals surface area contributed by atoms with Crippen molar-refractivity contribution in [1.29, 1.82) is 0 Å². The van der Waals surface area contributed by atoms with Crippen LogP contribution in [0.5, 0.6) is 11.5 Å². The molecule has 0 saturated carbocycles. The van der Waals surface area contributed by atoms with Crippen molar-refractivity contribution in [1.82, 2.24) is 15.2 Å². The van der Waals surface area contributed by atoms with Crippen LogP contribution in [0.25, 0.3) is 11.1 Å². The number of fused-ring (bicyclic) bond motifs is 1. The molecule has 0 atom stereocenters. The molecule has 5 rings (SSSR count). The van der Waals surface area contributed by atoms with Crippen molar-refractivity contribution < 1.29 is 23.4 Å². The van der Waals surface area contributed by atoms with Gasteiger partial charge in [0.2, 0.25) is 0 Å². The summed E-state index contributed by atoms with van der Waals surface area (Å²) >= 11 is 0. The highest BCUT2D eigenvalue weighted by Crippen LogP contribution is 2.33. The van der Waals surface area contributed by atoms with E-state index in [0.29, 0.717) is 67.9 Å². The molecule has 2 fully saturated rings. The summed E-state index contributed by atoms with van der Waals surface area (Å²) in [6.45, 7) is 7.27. The lowest BCUT2D eigenvalue weighted by Crippen LogP contribution is -2.43. The van der Waals surface area contributed by atoms with Gasteiger partial charge in [-0.3, -0.25) is 4.79 Å². The number of anilines is 1. The molecule has 192 valence electrons. The van der Waals surface area contributed by atoms with Gasteiger partial charge < -0.3 is 33.7 Å². The number of carbonyl (C=O) groups excluding carboxylic acids is 1. The summed E-state index contributed by atoms with van der Waals surface area (Å²) in [7, 11) is 1.65. The number of nitrogens with one attached hydrogen (secondary N) is 1. The lowest BCUT2D eigenvalue weighted by atomic mass is 10.0. The predicted octanol–water partition coefficient (Wildman–Crippen LogP) is 3.47. The van der Waals surface area contributed by atoms with Crippen LogP contribution in [0.2, 0.25) is 0 Å². The van der Waals surface area contributed by atoms with Crippen molar-refractivity contribution in [2.24, 2.45) is 0 Å². The van der Waals surface area contributed by atoms with E-state index in [1.807, 2.05) is 48.2 Å². The molecule has 2 aliphatic heterocycles. The van der Waals surface area contributed by atoms with E-state index >= 15 is 0 Å². The maximum atomic E-state index is 13.3. The van der Waals surface area contributed by atoms with Crippen molar-refractivity contribution in [2.75, 3.05) is 58.0 Å². The molecule has 3 heterocycles. The van der Waals surface area contributed by atoms with E-state index in [0.717, 1.165) is 37.2 Å². The van der Waals surface area contributed by atoms with E-state index in [2.05, 4.69) is 10.2 Å². The SMILES string of the molecule is CCOc1cc(CN(c2nc3cccc(C(=O)N4CCOCC4)c3o2)C2CCNCC2)ccc1OC. The Hall–Kier alpha value is -3.30. The third-order valence-corrected chi connectivity index (χ3v) is 6.81. The summed E-state index contributed by atoms with van der Waals surface area (Å²) in [5.41, 5.74) is 2.84. The first kappa shape index (κ1) is 24.4. The Morgan fingerprint density at radius 2 is 1.97 bits per heavy atom. The number of hydrogen-bond donors (Lipinski definition) is 1. The number of hydrogen-bond acceptors (Lipinski definition) is 8. The molecule has 0 spiro atoms. The van der Waals surface area contributed by atoms with Crippen molar-refractivity contribution in [2.45, 2.75) is 32.4 Å². The average molecular weight is 495 g/mol. The van der Waals surface area contributed by atoms with Gasteiger partial charge in [0.25, 0.3) is 11.9 Å². The van der Waals surface area contributed by atoms with Crippen LogP contribution < -0.4 is 19.7 Å². The minimum absolute atomic E-state index is 0.0449. The number of ether oxygens (including phenoxy) is 3. The minimum atomic E-state index is -0.0449. The summed E-state index contributed by atoms with van der Waals surface area (Å²) in [6.07, 6.45) is 1.96. The normalized spacial score (nSPS) is 16.8. The molecule has 2 aromatic carbocycles. The van der Waals surface area contributed by atoms with Crippen LogP contribution in [0.4, 0.5) is 6.01 Å². The maximum absolute atomic E-state index is 13.3. The summed E-state index contributed by atoms with van der Waals surface area (Å²) in [6, 6.07) is 12.4. The summed E-state index contributed by atoms with van der Waals surface area (Å²) < 4.78 is 23.1. The number of carbonyl (C=O) groups is 1. The maximum Gasteiger partial charge on any atom is 0.298 e. The van der Waals surface area contributed by atoms with Crippen molar-refractivity contribution in [3.05, 3.63) is 47.5 Å². The molecule has 36 heavy (non-hydrogen) atoms. The van der Waals surface area contributed by atoms with Crippen LogP contribution >= 0.6 is 0 Å². The van der Waals surface area contributed by atoms with Gasteiger partial charge in [-0.05, 0) is 62.7 Å². The Morgan fingerprint density at radius 3 is 2.72 bits per heavy atom. The molecule has 3 aromatic rings. The molecular weight excluding hydrogens is 460 g/mol. The first-order valence-corrected chi connectivity index (χ1v) is 12.7. The number of nitrogens with zero attached hydrogens (tertiary/aromatic N) is 3. The number of rotatable bonds is 8. The molecule has 2 aliphatic rings. The molecule has 9 nitrogen and oxygen atoms in total. The second-order valence-corrected chi connectivity index (χ2v) is 9.08. The molecule has 9 heteroatoms. The largest absolute Gasteiger partial charge is 0.493 e. The van der Waals surface area contributed by atoms with Crippen LogP contribution in [0.15, 0.2) is 40.8 Å². The van der Waals surface area contributed by atoms with Crippen molar-refractivity contribution in [3.8, 4) is 11.5 Å². The molecule has 0 bridgehead atoms. The zero-order valence-electron chi connectivity index (χ0n) is 21.0. The second kappa shape index (κ2) is 11.2. The van der Waals surface area contributed by atoms with E-state index in [-0.39, 0.29) is 11.9 Å². The number of methoxy groups -OCH3 is 1. The van der Waals surface area contributed by atoms with E-state index in [9.17, 15) is 4.79 Å². The number of amides is 1. The fraction of sp³-hybridized carbons (Fsp3) is 0.481. The monoisotopic (exact) mass is 494 g/mol. The third-order valence-electron chi connectivity index (χ3n) is 6.81. The summed E-state index contributed by atoms with van der Waals surface area (Å²) in [4.78, 5) is 22.2. The lowest BCUT2D eigenvalue weighted by molar-refractivity contribution is 0.0303. The fourth-order valence-corrected chi connectivity index (χ4v) is 4.92. The van der Waals surface area contributed by atoms with E-state index in [1.54, 1.807) is 7.11 Å². The Morgan fingerprint density at radius 1 is 1.17 bits per heavy atom. The number of benzene rings is 2. The number of aromatic nitrogens is 1. The zero-order valence-corrected chi connectivity index (χ0v) is 21.0.